The molecule has 0 N–H and O–H groups in total. The predicted octanol–water partition coefficient (Wildman–Crippen LogP) is 3.36. The van der Waals surface area contributed by atoms with Crippen LogP contribution in [-0.4, -0.2) is 18.5 Å². The van der Waals surface area contributed by atoms with E-state index in [2.05, 4.69) is 22.9 Å². The van der Waals surface area contributed by atoms with Crippen molar-refractivity contribution in [3.8, 4) is 0 Å². The second-order valence-electron chi connectivity index (χ2n) is 4.22. The minimum absolute atomic E-state index is 0.238. The average Bonchev–Trinajstić information content (AvgIpc) is 2.56. The van der Waals surface area contributed by atoms with Crippen LogP contribution < -0.4 is 0 Å². The van der Waals surface area contributed by atoms with Crippen LogP contribution >= 0.6 is 15.9 Å². The van der Waals surface area contributed by atoms with Crippen molar-refractivity contribution in [2.24, 2.45) is 0 Å². The maximum Gasteiger partial charge on any atom is 0.176 e. The summed E-state index contributed by atoms with van der Waals surface area (Å²) in [6.07, 6.45) is 5.85. The predicted molar refractivity (Wildman–Crippen MR) is 59.3 cm³/mol. The average molecular weight is 261 g/mol. The van der Waals surface area contributed by atoms with Crippen molar-refractivity contribution in [2.45, 2.75) is 50.9 Å². The van der Waals surface area contributed by atoms with Crippen LogP contribution in [0.1, 0.15) is 39.0 Å². The zero-order valence-electron chi connectivity index (χ0n) is 8.59. The molecule has 2 rings (SSSR count). The van der Waals surface area contributed by atoms with Gasteiger partial charge in [-0.15, -0.1) is 0 Å². The molecule has 0 amide bonds. The molecule has 0 aromatic carbocycles. The van der Waals surface area contributed by atoms with Crippen molar-refractivity contribution in [1.29, 1.82) is 0 Å². The first-order valence-electron chi connectivity index (χ1n) is 5.38. The summed E-state index contributed by atoms with van der Waals surface area (Å²) < 4.78 is 11.7. The molecule has 1 atom stereocenters. The van der Waals surface area contributed by atoms with Crippen LogP contribution in [-0.2, 0) is 9.47 Å². The first kappa shape index (κ1) is 10.7. The number of hydrogen-bond acceptors (Lipinski definition) is 2. The second-order valence-corrected chi connectivity index (χ2v) is 4.68. The third-order valence-electron chi connectivity index (χ3n) is 2.94. The van der Waals surface area contributed by atoms with Crippen molar-refractivity contribution in [3.05, 3.63) is 10.6 Å². The minimum atomic E-state index is -0.238. The lowest BCUT2D eigenvalue weighted by molar-refractivity contribution is -0.193. The molecule has 1 heterocycles. The zero-order chi connectivity index (χ0) is 10.0. The van der Waals surface area contributed by atoms with Gasteiger partial charge in [0, 0.05) is 12.8 Å². The molecule has 2 aliphatic rings. The molecule has 1 aliphatic heterocycles. The molecule has 0 aromatic heterocycles. The minimum Gasteiger partial charge on any atom is -0.347 e. The van der Waals surface area contributed by atoms with E-state index in [1.165, 1.54) is 18.4 Å². The van der Waals surface area contributed by atoms with Gasteiger partial charge in [-0.05, 0) is 11.4 Å². The van der Waals surface area contributed by atoms with Crippen molar-refractivity contribution in [3.63, 3.8) is 0 Å². The molecular weight excluding hydrogens is 244 g/mol. The van der Waals surface area contributed by atoms with Crippen molar-refractivity contribution < 1.29 is 9.47 Å². The lowest BCUT2D eigenvalue weighted by Gasteiger charge is -2.38. The van der Waals surface area contributed by atoms with Gasteiger partial charge in [0.15, 0.2) is 5.79 Å². The molecule has 0 radical (unpaired) electrons. The monoisotopic (exact) mass is 260 g/mol. The van der Waals surface area contributed by atoms with E-state index in [0.717, 1.165) is 25.9 Å². The van der Waals surface area contributed by atoms with E-state index in [4.69, 9.17) is 9.47 Å². The number of ether oxygens (including phenoxy) is 2. The summed E-state index contributed by atoms with van der Waals surface area (Å²) in [5, 5.41) is 0. The standard InChI is InChI=1S/C11H17BrO2/c1-2-3-4-10-8-13-11(14-10)5-9(6-11)7-12/h7,10H,2-6,8H2,1H3. The van der Waals surface area contributed by atoms with Gasteiger partial charge >= 0.3 is 0 Å². The molecule has 0 aromatic rings. The summed E-state index contributed by atoms with van der Waals surface area (Å²) >= 11 is 3.34. The van der Waals surface area contributed by atoms with Crippen LogP contribution in [0.3, 0.4) is 0 Å². The first-order chi connectivity index (χ1) is 6.78. The summed E-state index contributed by atoms with van der Waals surface area (Å²) in [5.74, 6) is -0.238. The van der Waals surface area contributed by atoms with Crippen LogP contribution in [0.5, 0.6) is 0 Å². The molecule has 1 saturated heterocycles. The van der Waals surface area contributed by atoms with Gasteiger partial charge < -0.3 is 9.47 Å². The number of hydrogen-bond donors (Lipinski definition) is 0. The fourth-order valence-electron chi connectivity index (χ4n) is 2.09. The molecule has 80 valence electrons. The molecule has 2 fully saturated rings. The summed E-state index contributed by atoms with van der Waals surface area (Å²) in [7, 11) is 0. The van der Waals surface area contributed by atoms with E-state index in [0.29, 0.717) is 6.10 Å². The van der Waals surface area contributed by atoms with Gasteiger partial charge in [0.25, 0.3) is 0 Å². The van der Waals surface area contributed by atoms with E-state index < -0.39 is 0 Å². The quantitative estimate of drug-likeness (QED) is 0.775. The molecule has 1 spiro atoms. The highest BCUT2D eigenvalue weighted by Crippen LogP contribution is 2.46. The maximum absolute atomic E-state index is 5.94. The van der Waals surface area contributed by atoms with Crippen LogP contribution in [0, 0.1) is 0 Å². The molecule has 1 unspecified atom stereocenters. The Labute approximate surface area is 93.8 Å². The Kier molecular flexibility index (Phi) is 3.30. The Balaban J connectivity index is 1.78. The normalized spacial score (nSPS) is 36.1. The van der Waals surface area contributed by atoms with Crippen LogP contribution in [0.25, 0.3) is 0 Å². The van der Waals surface area contributed by atoms with Crippen molar-refractivity contribution in [2.75, 3.05) is 6.61 Å². The third kappa shape index (κ3) is 2.05. The van der Waals surface area contributed by atoms with Crippen LogP contribution in [0.15, 0.2) is 10.6 Å². The molecule has 3 heteroatoms. The van der Waals surface area contributed by atoms with Crippen LogP contribution in [0.4, 0.5) is 0 Å². The van der Waals surface area contributed by atoms with E-state index in [9.17, 15) is 0 Å². The van der Waals surface area contributed by atoms with Gasteiger partial charge in [-0.2, -0.15) is 0 Å². The van der Waals surface area contributed by atoms with Gasteiger partial charge in [-0.3, -0.25) is 0 Å². The summed E-state index contributed by atoms with van der Waals surface area (Å²) in [5.41, 5.74) is 1.39. The van der Waals surface area contributed by atoms with E-state index >= 15 is 0 Å². The van der Waals surface area contributed by atoms with Crippen molar-refractivity contribution >= 4 is 15.9 Å². The molecule has 1 aliphatic carbocycles. The lowest BCUT2D eigenvalue weighted by atomic mass is 9.86. The maximum atomic E-state index is 5.94. The van der Waals surface area contributed by atoms with Gasteiger partial charge in [0.1, 0.15) is 0 Å². The Hall–Kier alpha value is 0.140. The fourth-order valence-corrected chi connectivity index (χ4v) is 2.42. The largest absolute Gasteiger partial charge is 0.347 e. The topological polar surface area (TPSA) is 18.5 Å². The number of rotatable bonds is 3. The Morgan fingerprint density at radius 3 is 3.00 bits per heavy atom. The summed E-state index contributed by atoms with van der Waals surface area (Å²) in [6.45, 7) is 3.00. The SMILES string of the molecule is CCCCC1COC2(CC(=CBr)C2)O1. The van der Waals surface area contributed by atoms with Gasteiger partial charge in [-0.25, -0.2) is 0 Å². The number of unbranched alkanes of at least 4 members (excludes halogenated alkanes) is 1. The highest BCUT2D eigenvalue weighted by Gasteiger charge is 2.48. The molecule has 1 saturated carbocycles. The Morgan fingerprint density at radius 2 is 2.36 bits per heavy atom. The Bertz CT molecular complexity index is 229. The Morgan fingerprint density at radius 1 is 1.57 bits per heavy atom. The molecule has 0 bridgehead atoms. The summed E-state index contributed by atoms with van der Waals surface area (Å²) in [4.78, 5) is 1.99. The van der Waals surface area contributed by atoms with Crippen LogP contribution in [0.2, 0.25) is 0 Å². The van der Waals surface area contributed by atoms with E-state index in [1.807, 2.05) is 4.99 Å². The lowest BCUT2D eigenvalue weighted by Crippen LogP contribution is -2.40. The third-order valence-corrected chi connectivity index (χ3v) is 3.59. The van der Waals surface area contributed by atoms with E-state index in [-0.39, 0.29) is 5.79 Å². The zero-order valence-corrected chi connectivity index (χ0v) is 10.2. The summed E-state index contributed by atoms with van der Waals surface area (Å²) in [6, 6.07) is 0. The molecule has 2 nitrogen and oxygen atoms in total. The highest BCUT2D eigenvalue weighted by molar-refractivity contribution is 9.11. The highest BCUT2D eigenvalue weighted by atomic mass is 79.9. The van der Waals surface area contributed by atoms with Gasteiger partial charge in [0.05, 0.1) is 12.7 Å². The van der Waals surface area contributed by atoms with Crippen molar-refractivity contribution in [1.82, 2.24) is 0 Å². The second kappa shape index (κ2) is 4.33. The first-order valence-corrected chi connectivity index (χ1v) is 6.29. The fraction of sp³-hybridized carbons (Fsp3) is 0.818. The number of halogens is 1. The van der Waals surface area contributed by atoms with Gasteiger partial charge in [0.2, 0.25) is 0 Å². The smallest absolute Gasteiger partial charge is 0.176 e. The van der Waals surface area contributed by atoms with Gasteiger partial charge in [-0.1, -0.05) is 41.3 Å². The molecule has 14 heavy (non-hydrogen) atoms. The van der Waals surface area contributed by atoms with E-state index in [1.54, 1.807) is 0 Å². The molecular formula is C11H17BrO2.